The summed E-state index contributed by atoms with van der Waals surface area (Å²) in [5.74, 6) is 1.27. The van der Waals surface area contributed by atoms with Gasteiger partial charge < -0.3 is 21.1 Å². The summed E-state index contributed by atoms with van der Waals surface area (Å²) in [6, 6.07) is 9.82. The van der Waals surface area contributed by atoms with Gasteiger partial charge in [-0.2, -0.15) is 4.98 Å². The Morgan fingerprint density at radius 3 is 2.86 bits per heavy atom. The highest BCUT2D eigenvalue weighted by Gasteiger charge is 2.11. The lowest BCUT2D eigenvalue weighted by molar-refractivity contribution is 0.0989. The van der Waals surface area contributed by atoms with Crippen LogP contribution in [0, 0.1) is 6.92 Å². The molecule has 6 heteroatoms. The van der Waals surface area contributed by atoms with Crippen molar-refractivity contribution in [1.82, 2.24) is 9.97 Å². The van der Waals surface area contributed by atoms with Crippen molar-refractivity contribution in [3.8, 4) is 0 Å². The second kappa shape index (κ2) is 7.72. The first-order valence-electron chi connectivity index (χ1n) is 7.27. The van der Waals surface area contributed by atoms with E-state index in [1.54, 1.807) is 13.3 Å². The summed E-state index contributed by atoms with van der Waals surface area (Å²) in [4.78, 5) is 8.62. The first-order chi connectivity index (χ1) is 10.6. The summed E-state index contributed by atoms with van der Waals surface area (Å²) < 4.78 is 5.20. The Morgan fingerprint density at radius 2 is 2.14 bits per heavy atom. The van der Waals surface area contributed by atoms with Crippen LogP contribution in [0.25, 0.3) is 0 Å². The van der Waals surface area contributed by atoms with E-state index in [1.165, 1.54) is 5.56 Å². The number of aryl methyl sites for hydroxylation is 1. The molecule has 0 aliphatic rings. The van der Waals surface area contributed by atoms with Crippen molar-refractivity contribution < 1.29 is 4.74 Å². The smallest absolute Gasteiger partial charge is 0.224 e. The fourth-order valence-electron chi connectivity index (χ4n) is 1.93. The maximum absolute atomic E-state index is 6.00. The zero-order chi connectivity index (χ0) is 15.9. The first-order valence-corrected chi connectivity index (χ1v) is 7.27. The molecular formula is C16H23N5O. The van der Waals surface area contributed by atoms with E-state index in [1.807, 2.05) is 25.1 Å². The van der Waals surface area contributed by atoms with Gasteiger partial charge in [-0.3, -0.25) is 0 Å². The predicted octanol–water partition coefficient (Wildman–Crippen LogP) is 2.30. The molecule has 0 aliphatic carbocycles. The second-order valence-electron chi connectivity index (χ2n) is 5.25. The molecule has 0 aliphatic heterocycles. The molecule has 0 spiro atoms. The van der Waals surface area contributed by atoms with E-state index in [9.17, 15) is 0 Å². The van der Waals surface area contributed by atoms with E-state index >= 15 is 0 Å². The topological polar surface area (TPSA) is 85.1 Å². The number of benzene rings is 1. The van der Waals surface area contributed by atoms with Crippen LogP contribution in [0.2, 0.25) is 0 Å². The van der Waals surface area contributed by atoms with Gasteiger partial charge in [0, 0.05) is 31.6 Å². The molecular weight excluding hydrogens is 278 g/mol. The molecule has 4 N–H and O–H groups in total. The lowest BCUT2D eigenvalue weighted by atomic mass is 10.2. The van der Waals surface area contributed by atoms with E-state index < -0.39 is 0 Å². The number of nitrogens with two attached hydrogens (primary N) is 1. The normalized spacial score (nSPS) is 13.5. The van der Waals surface area contributed by atoms with E-state index in [-0.39, 0.29) is 12.1 Å². The largest absolute Gasteiger partial charge is 0.380 e. The Bertz CT molecular complexity index is 605. The average molecular weight is 301 g/mol. The van der Waals surface area contributed by atoms with Gasteiger partial charge in [0.15, 0.2) is 0 Å². The van der Waals surface area contributed by atoms with E-state index in [0.29, 0.717) is 12.5 Å². The number of ether oxygens (including phenoxy) is 1. The van der Waals surface area contributed by atoms with Crippen LogP contribution in [0.5, 0.6) is 0 Å². The van der Waals surface area contributed by atoms with Crippen molar-refractivity contribution in [2.24, 2.45) is 5.73 Å². The summed E-state index contributed by atoms with van der Waals surface area (Å²) in [6.45, 7) is 4.53. The van der Waals surface area contributed by atoms with Gasteiger partial charge in [-0.25, -0.2) is 4.98 Å². The predicted molar refractivity (Wildman–Crippen MR) is 89.4 cm³/mol. The Labute approximate surface area is 131 Å². The minimum absolute atomic E-state index is 0.0268. The zero-order valence-electron chi connectivity index (χ0n) is 13.2. The van der Waals surface area contributed by atoms with E-state index in [4.69, 9.17) is 10.5 Å². The summed E-state index contributed by atoms with van der Waals surface area (Å²) in [5.41, 5.74) is 8.18. The van der Waals surface area contributed by atoms with Gasteiger partial charge in [0.2, 0.25) is 5.95 Å². The van der Waals surface area contributed by atoms with Crippen molar-refractivity contribution in [2.75, 3.05) is 24.3 Å². The zero-order valence-corrected chi connectivity index (χ0v) is 13.2. The van der Waals surface area contributed by atoms with Gasteiger partial charge in [0.25, 0.3) is 0 Å². The molecule has 1 aromatic heterocycles. The van der Waals surface area contributed by atoms with Crippen molar-refractivity contribution in [3.05, 3.63) is 42.1 Å². The molecule has 1 aromatic carbocycles. The Kier molecular flexibility index (Phi) is 5.68. The molecule has 2 rings (SSSR count). The van der Waals surface area contributed by atoms with E-state index in [0.717, 1.165) is 11.5 Å². The van der Waals surface area contributed by atoms with Gasteiger partial charge in [0.05, 0.1) is 6.10 Å². The highest BCUT2D eigenvalue weighted by molar-refractivity contribution is 5.57. The number of methoxy groups -OCH3 is 1. The van der Waals surface area contributed by atoms with Crippen molar-refractivity contribution in [1.29, 1.82) is 0 Å². The minimum atomic E-state index is -0.123. The first kappa shape index (κ1) is 16.2. The van der Waals surface area contributed by atoms with Crippen molar-refractivity contribution in [2.45, 2.75) is 26.0 Å². The molecule has 0 unspecified atom stereocenters. The third-order valence-corrected chi connectivity index (χ3v) is 3.42. The third-order valence-electron chi connectivity index (χ3n) is 3.42. The fourth-order valence-corrected chi connectivity index (χ4v) is 1.93. The van der Waals surface area contributed by atoms with Gasteiger partial charge >= 0.3 is 0 Å². The minimum Gasteiger partial charge on any atom is -0.380 e. The summed E-state index contributed by atoms with van der Waals surface area (Å²) >= 11 is 0. The lowest BCUT2D eigenvalue weighted by Gasteiger charge is -2.18. The van der Waals surface area contributed by atoms with Gasteiger partial charge in [-0.1, -0.05) is 12.1 Å². The highest BCUT2D eigenvalue weighted by Crippen LogP contribution is 2.16. The number of rotatable bonds is 7. The number of nitrogens with zero attached hydrogens (tertiary/aromatic N) is 2. The average Bonchev–Trinajstić information content (AvgIpc) is 2.52. The molecule has 2 aromatic rings. The molecule has 0 amide bonds. The number of nitrogens with one attached hydrogen (secondary N) is 2. The van der Waals surface area contributed by atoms with Crippen LogP contribution in [0.4, 0.5) is 17.5 Å². The Morgan fingerprint density at radius 1 is 1.32 bits per heavy atom. The number of hydrogen-bond acceptors (Lipinski definition) is 6. The Balaban J connectivity index is 1.98. The molecule has 1 heterocycles. The number of aromatic nitrogens is 2. The van der Waals surface area contributed by atoms with Gasteiger partial charge in [0.1, 0.15) is 5.82 Å². The molecule has 0 bridgehead atoms. The molecule has 0 fully saturated rings. The Hall–Kier alpha value is -2.18. The van der Waals surface area contributed by atoms with Crippen LogP contribution in [0.1, 0.15) is 12.5 Å². The van der Waals surface area contributed by atoms with Crippen molar-refractivity contribution >= 4 is 17.5 Å². The summed E-state index contributed by atoms with van der Waals surface area (Å²) in [5, 5.41) is 6.39. The highest BCUT2D eigenvalue weighted by atomic mass is 16.5. The van der Waals surface area contributed by atoms with Crippen LogP contribution in [0.15, 0.2) is 36.5 Å². The summed E-state index contributed by atoms with van der Waals surface area (Å²) in [6.07, 6.45) is 1.68. The lowest BCUT2D eigenvalue weighted by Crippen LogP contribution is -2.40. The van der Waals surface area contributed by atoms with Crippen molar-refractivity contribution in [3.63, 3.8) is 0 Å². The maximum Gasteiger partial charge on any atom is 0.224 e. The SMILES string of the molecule is CO[C@H](C)[C@H](N)CNc1nccc(Nc2cccc(C)c2)n1. The molecule has 0 saturated carbocycles. The molecule has 22 heavy (non-hydrogen) atoms. The summed E-state index contributed by atoms with van der Waals surface area (Å²) in [7, 11) is 1.65. The quantitative estimate of drug-likeness (QED) is 0.727. The van der Waals surface area contributed by atoms with Gasteiger partial charge in [-0.15, -0.1) is 0 Å². The van der Waals surface area contributed by atoms with Gasteiger partial charge in [-0.05, 0) is 37.6 Å². The molecule has 2 atom stereocenters. The van der Waals surface area contributed by atoms with Crippen LogP contribution in [-0.2, 0) is 4.74 Å². The second-order valence-corrected chi connectivity index (χ2v) is 5.25. The van der Waals surface area contributed by atoms with Crippen LogP contribution >= 0.6 is 0 Å². The molecule has 0 saturated heterocycles. The molecule has 118 valence electrons. The fraction of sp³-hybridized carbons (Fsp3) is 0.375. The standard InChI is InChI=1S/C16H23N5O/c1-11-5-4-6-13(9-11)20-15-7-8-18-16(21-15)19-10-14(17)12(2)22-3/h4-9,12,14H,10,17H2,1-3H3,(H2,18,19,20,21)/t12-,14-/m1/s1. The molecule has 0 radical (unpaired) electrons. The third kappa shape index (κ3) is 4.68. The maximum atomic E-state index is 6.00. The van der Waals surface area contributed by atoms with Crippen LogP contribution < -0.4 is 16.4 Å². The number of hydrogen-bond donors (Lipinski definition) is 3. The van der Waals surface area contributed by atoms with E-state index in [2.05, 4.69) is 39.7 Å². The molecule has 6 nitrogen and oxygen atoms in total. The monoisotopic (exact) mass is 301 g/mol. The van der Waals surface area contributed by atoms with Crippen LogP contribution in [0.3, 0.4) is 0 Å². The number of anilines is 3. The van der Waals surface area contributed by atoms with Crippen LogP contribution in [-0.4, -0.2) is 35.8 Å².